The van der Waals surface area contributed by atoms with Crippen molar-refractivity contribution in [1.82, 2.24) is 4.98 Å². The van der Waals surface area contributed by atoms with Gasteiger partial charge in [-0.25, -0.2) is 4.98 Å². The predicted molar refractivity (Wildman–Crippen MR) is 70.0 cm³/mol. The quantitative estimate of drug-likeness (QED) is 0.812. The first kappa shape index (κ1) is 13.9. The fraction of sp³-hybridized carbons (Fsp3) is 0.500. The molecule has 0 spiro atoms. The van der Waals surface area contributed by atoms with Gasteiger partial charge in [0.2, 0.25) is 5.91 Å². The molecule has 0 aliphatic heterocycles. The van der Waals surface area contributed by atoms with Crippen LogP contribution in [0.25, 0.3) is 0 Å². The second-order valence-corrected chi connectivity index (χ2v) is 4.93. The number of halogens is 1. The van der Waals surface area contributed by atoms with Gasteiger partial charge in [-0.3, -0.25) is 4.79 Å². The van der Waals surface area contributed by atoms with E-state index in [2.05, 4.69) is 10.3 Å². The maximum absolute atomic E-state index is 11.8. The number of carbonyl (C=O) groups excluding carboxylic acids is 1. The molecule has 0 aromatic carbocycles. The molecule has 1 atom stereocenters. The minimum Gasteiger partial charge on any atom is -0.323 e. The van der Waals surface area contributed by atoms with Crippen LogP contribution in [-0.4, -0.2) is 16.9 Å². The van der Waals surface area contributed by atoms with Crippen molar-refractivity contribution in [2.24, 2.45) is 11.7 Å². The zero-order chi connectivity index (χ0) is 13.0. The summed E-state index contributed by atoms with van der Waals surface area (Å²) in [6, 6.07) is 1.20. The van der Waals surface area contributed by atoms with Gasteiger partial charge in [0.25, 0.3) is 0 Å². The largest absolute Gasteiger partial charge is 0.323 e. The van der Waals surface area contributed by atoms with Crippen LogP contribution >= 0.6 is 11.6 Å². The van der Waals surface area contributed by atoms with Crippen LogP contribution in [0, 0.1) is 12.8 Å². The van der Waals surface area contributed by atoms with Gasteiger partial charge in [-0.05, 0) is 30.9 Å². The summed E-state index contributed by atoms with van der Waals surface area (Å²) in [6.07, 6.45) is 2.20. The smallest absolute Gasteiger partial charge is 0.241 e. The van der Waals surface area contributed by atoms with Gasteiger partial charge in [0.05, 0.1) is 17.9 Å². The van der Waals surface area contributed by atoms with Crippen molar-refractivity contribution in [1.29, 1.82) is 0 Å². The van der Waals surface area contributed by atoms with E-state index in [4.69, 9.17) is 17.3 Å². The second kappa shape index (κ2) is 5.98. The van der Waals surface area contributed by atoms with Crippen molar-refractivity contribution in [3.05, 3.63) is 23.0 Å². The highest BCUT2D eigenvalue weighted by Crippen LogP contribution is 2.17. The second-order valence-electron chi connectivity index (χ2n) is 4.55. The van der Waals surface area contributed by atoms with Crippen LogP contribution in [0.4, 0.5) is 5.69 Å². The lowest BCUT2D eigenvalue weighted by atomic mass is 10.0. The Labute approximate surface area is 107 Å². The van der Waals surface area contributed by atoms with Gasteiger partial charge in [-0.15, -0.1) is 0 Å². The molecule has 17 heavy (non-hydrogen) atoms. The summed E-state index contributed by atoms with van der Waals surface area (Å²) in [5.74, 6) is 0.200. The molecule has 1 amide bonds. The van der Waals surface area contributed by atoms with Gasteiger partial charge < -0.3 is 11.1 Å². The number of aromatic nitrogens is 1. The first-order valence-corrected chi connectivity index (χ1v) is 5.96. The van der Waals surface area contributed by atoms with Crippen molar-refractivity contribution >= 4 is 23.2 Å². The monoisotopic (exact) mass is 255 g/mol. The number of carbonyl (C=O) groups is 1. The Hall–Kier alpha value is -1.13. The number of rotatable bonds is 4. The Balaban J connectivity index is 2.67. The average molecular weight is 256 g/mol. The zero-order valence-corrected chi connectivity index (χ0v) is 11.1. The number of aryl methyl sites for hydroxylation is 1. The molecule has 94 valence electrons. The Morgan fingerprint density at radius 2 is 2.24 bits per heavy atom. The normalized spacial score (nSPS) is 12.6. The van der Waals surface area contributed by atoms with Crippen LogP contribution in [0.1, 0.15) is 25.8 Å². The van der Waals surface area contributed by atoms with Crippen LogP contribution in [-0.2, 0) is 4.79 Å². The predicted octanol–water partition coefficient (Wildman–Crippen LogP) is 2.36. The van der Waals surface area contributed by atoms with Crippen molar-refractivity contribution in [3.63, 3.8) is 0 Å². The number of hydrogen-bond donors (Lipinski definition) is 2. The zero-order valence-electron chi connectivity index (χ0n) is 10.3. The number of nitrogens with zero attached hydrogens (tertiary/aromatic N) is 1. The first-order valence-electron chi connectivity index (χ1n) is 5.58. The Bertz CT molecular complexity index is 407. The molecule has 0 saturated carbocycles. The molecular formula is C12H18ClN3O. The summed E-state index contributed by atoms with van der Waals surface area (Å²) in [5.41, 5.74) is 7.31. The minimum atomic E-state index is -0.495. The molecule has 0 aliphatic rings. The van der Waals surface area contributed by atoms with Crippen LogP contribution in [0.3, 0.4) is 0 Å². The Morgan fingerprint density at radius 3 is 2.76 bits per heavy atom. The first-order chi connectivity index (χ1) is 7.90. The van der Waals surface area contributed by atoms with E-state index < -0.39 is 6.04 Å². The van der Waals surface area contributed by atoms with Gasteiger partial charge in [-0.2, -0.15) is 0 Å². The third-order valence-corrected chi connectivity index (χ3v) is 2.60. The number of pyridine rings is 1. The standard InChI is InChI=1S/C12H18ClN3O/c1-7(2)4-9(14)12(17)16-10-6-15-11(13)5-8(10)3/h5-7,9H,4,14H2,1-3H3,(H,16,17). The van der Waals surface area contributed by atoms with Crippen LogP contribution in [0.2, 0.25) is 5.15 Å². The summed E-state index contributed by atoms with van der Waals surface area (Å²) in [4.78, 5) is 15.7. The fourth-order valence-electron chi connectivity index (χ4n) is 1.49. The van der Waals surface area contributed by atoms with E-state index in [1.807, 2.05) is 20.8 Å². The summed E-state index contributed by atoms with van der Waals surface area (Å²) >= 11 is 5.74. The molecule has 0 saturated heterocycles. The molecule has 1 rings (SSSR count). The van der Waals surface area contributed by atoms with Gasteiger partial charge in [0.15, 0.2) is 0 Å². The number of amides is 1. The van der Waals surface area contributed by atoms with Gasteiger partial charge >= 0.3 is 0 Å². The van der Waals surface area contributed by atoms with Gasteiger partial charge in [0.1, 0.15) is 5.15 Å². The van der Waals surface area contributed by atoms with Crippen molar-refractivity contribution in [2.75, 3.05) is 5.32 Å². The third kappa shape index (κ3) is 4.32. The van der Waals surface area contributed by atoms with Crippen molar-refractivity contribution in [2.45, 2.75) is 33.2 Å². The molecular weight excluding hydrogens is 238 g/mol. The summed E-state index contributed by atoms with van der Waals surface area (Å²) < 4.78 is 0. The SMILES string of the molecule is Cc1cc(Cl)ncc1NC(=O)C(N)CC(C)C. The molecule has 1 aromatic heterocycles. The van der Waals surface area contributed by atoms with E-state index in [-0.39, 0.29) is 5.91 Å². The highest BCUT2D eigenvalue weighted by Gasteiger charge is 2.15. The van der Waals surface area contributed by atoms with Crippen molar-refractivity contribution in [3.8, 4) is 0 Å². The van der Waals surface area contributed by atoms with Crippen LogP contribution in [0.5, 0.6) is 0 Å². The van der Waals surface area contributed by atoms with E-state index in [1.165, 1.54) is 6.20 Å². The van der Waals surface area contributed by atoms with E-state index in [9.17, 15) is 4.79 Å². The molecule has 0 fully saturated rings. The lowest BCUT2D eigenvalue weighted by Crippen LogP contribution is -2.36. The van der Waals surface area contributed by atoms with Gasteiger partial charge in [-0.1, -0.05) is 25.4 Å². The summed E-state index contributed by atoms with van der Waals surface area (Å²) in [7, 11) is 0. The maximum Gasteiger partial charge on any atom is 0.241 e. The summed E-state index contributed by atoms with van der Waals surface area (Å²) in [6.45, 7) is 5.92. The van der Waals surface area contributed by atoms with E-state index in [0.717, 1.165) is 5.56 Å². The molecule has 0 radical (unpaired) electrons. The lowest BCUT2D eigenvalue weighted by Gasteiger charge is -2.15. The highest BCUT2D eigenvalue weighted by molar-refractivity contribution is 6.29. The van der Waals surface area contributed by atoms with E-state index in [1.54, 1.807) is 6.07 Å². The summed E-state index contributed by atoms with van der Waals surface area (Å²) in [5, 5.41) is 3.17. The number of nitrogens with one attached hydrogen (secondary N) is 1. The van der Waals surface area contributed by atoms with E-state index >= 15 is 0 Å². The molecule has 5 heteroatoms. The molecule has 0 aliphatic carbocycles. The highest BCUT2D eigenvalue weighted by atomic mass is 35.5. The molecule has 4 nitrogen and oxygen atoms in total. The third-order valence-electron chi connectivity index (χ3n) is 2.40. The van der Waals surface area contributed by atoms with Gasteiger partial charge in [0, 0.05) is 0 Å². The topological polar surface area (TPSA) is 68.0 Å². The fourth-order valence-corrected chi connectivity index (χ4v) is 1.71. The number of nitrogens with two attached hydrogens (primary N) is 1. The minimum absolute atomic E-state index is 0.189. The Kier molecular flexibility index (Phi) is 4.90. The number of hydrogen-bond acceptors (Lipinski definition) is 3. The van der Waals surface area contributed by atoms with E-state index in [0.29, 0.717) is 23.2 Å². The number of anilines is 1. The maximum atomic E-state index is 11.8. The molecule has 1 heterocycles. The Morgan fingerprint density at radius 1 is 1.59 bits per heavy atom. The molecule has 0 bridgehead atoms. The molecule has 1 aromatic rings. The molecule has 1 unspecified atom stereocenters. The van der Waals surface area contributed by atoms with Crippen LogP contribution in [0.15, 0.2) is 12.3 Å². The average Bonchev–Trinajstić information content (AvgIpc) is 2.21. The molecule has 3 N–H and O–H groups in total. The van der Waals surface area contributed by atoms with Crippen LogP contribution < -0.4 is 11.1 Å². The van der Waals surface area contributed by atoms with Crippen molar-refractivity contribution < 1.29 is 4.79 Å². The lowest BCUT2D eigenvalue weighted by molar-refractivity contribution is -0.117.